The third-order valence-electron chi connectivity index (χ3n) is 3.79. The number of nitrogens with zero attached hydrogens (tertiary/aromatic N) is 1. The van der Waals surface area contributed by atoms with E-state index in [2.05, 4.69) is 11.4 Å². The van der Waals surface area contributed by atoms with Gasteiger partial charge in [-0.05, 0) is 23.6 Å². The van der Waals surface area contributed by atoms with Crippen LogP contribution in [0.15, 0.2) is 18.2 Å². The standard InChI is InChI=1S/C14H18N2O2/c1-16-12-4-2-3-11(10(12)5-6-14(16)17)13-9-15-7-8-18-13/h2-4,13,15H,5-9H2,1H3. The van der Waals surface area contributed by atoms with Gasteiger partial charge in [-0.15, -0.1) is 0 Å². The summed E-state index contributed by atoms with van der Waals surface area (Å²) in [5.41, 5.74) is 3.55. The summed E-state index contributed by atoms with van der Waals surface area (Å²) < 4.78 is 5.83. The molecular formula is C14H18N2O2. The Labute approximate surface area is 107 Å². The fourth-order valence-corrected chi connectivity index (χ4v) is 2.78. The summed E-state index contributed by atoms with van der Waals surface area (Å²) in [7, 11) is 1.85. The number of hydrogen-bond acceptors (Lipinski definition) is 3. The van der Waals surface area contributed by atoms with Crippen molar-refractivity contribution in [1.29, 1.82) is 0 Å². The third-order valence-corrected chi connectivity index (χ3v) is 3.79. The Morgan fingerprint density at radius 3 is 3.06 bits per heavy atom. The first-order valence-electron chi connectivity index (χ1n) is 6.48. The van der Waals surface area contributed by atoms with Crippen molar-refractivity contribution in [1.82, 2.24) is 5.32 Å². The van der Waals surface area contributed by atoms with Crippen LogP contribution in [0.4, 0.5) is 5.69 Å². The minimum absolute atomic E-state index is 0.121. The second kappa shape index (κ2) is 4.71. The van der Waals surface area contributed by atoms with E-state index in [9.17, 15) is 4.79 Å². The van der Waals surface area contributed by atoms with E-state index >= 15 is 0 Å². The highest BCUT2D eigenvalue weighted by molar-refractivity contribution is 5.96. The fraction of sp³-hybridized carbons (Fsp3) is 0.500. The average Bonchev–Trinajstić information content (AvgIpc) is 2.43. The van der Waals surface area contributed by atoms with Crippen LogP contribution in [-0.2, 0) is 16.0 Å². The maximum atomic E-state index is 11.7. The molecular weight excluding hydrogens is 228 g/mol. The lowest BCUT2D eigenvalue weighted by atomic mass is 9.93. The number of nitrogens with one attached hydrogen (secondary N) is 1. The summed E-state index contributed by atoms with van der Waals surface area (Å²) in [4.78, 5) is 13.5. The van der Waals surface area contributed by atoms with Crippen LogP contribution in [0.3, 0.4) is 0 Å². The maximum Gasteiger partial charge on any atom is 0.227 e. The van der Waals surface area contributed by atoms with E-state index in [-0.39, 0.29) is 12.0 Å². The van der Waals surface area contributed by atoms with Crippen molar-refractivity contribution >= 4 is 11.6 Å². The van der Waals surface area contributed by atoms with Crippen LogP contribution in [0.2, 0.25) is 0 Å². The largest absolute Gasteiger partial charge is 0.371 e. The molecule has 1 N–H and O–H groups in total. The number of anilines is 1. The maximum absolute atomic E-state index is 11.7. The summed E-state index contributed by atoms with van der Waals surface area (Å²) in [5.74, 6) is 0.197. The smallest absolute Gasteiger partial charge is 0.227 e. The molecule has 4 heteroatoms. The lowest BCUT2D eigenvalue weighted by Crippen LogP contribution is -2.35. The Bertz CT molecular complexity index is 467. The molecule has 2 aliphatic heterocycles. The van der Waals surface area contributed by atoms with Crippen molar-refractivity contribution in [2.45, 2.75) is 18.9 Å². The molecule has 4 nitrogen and oxygen atoms in total. The summed E-state index contributed by atoms with van der Waals surface area (Å²) in [5, 5.41) is 3.35. The van der Waals surface area contributed by atoms with Gasteiger partial charge in [-0.3, -0.25) is 4.79 Å². The van der Waals surface area contributed by atoms with Gasteiger partial charge >= 0.3 is 0 Å². The highest BCUT2D eigenvalue weighted by Crippen LogP contribution is 2.33. The van der Waals surface area contributed by atoms with Crippen LogP contribution in [-0.4, -0.2) is 32.7 Å². The van der Waals surface area contributed by atoms with Crippen molar-refractivity contribution in [3.05, 3.63) is 29.3 Å². The number of morpholine rings is 1. The molecule has 3 rings (SSSR count). The number of carbonyl (C=O) groups excluding carboxylic acids is 1. The molecule has 1 unspecified atom stereocenters. The van der Waals surface area contributed by atoms with Crippen LogP contribution in [0.1, 0.15) is 23.7 Å². The van der Waals surface area contributed by atoms with Crippen LogP contribution in [0.5, 0.6) is 0 Å². The number of ether oxygens (including phenoxy) is 1. The normalized spacial score (nSPS) is 23.9. The summed E-state index contributed by atoms with van der Waals surface area (Å²) in [6, 6.07) is 6.16. The van der Waals surface area contributed by atoms with Gasteiger partial charge in [-0.25, -0.2) is 0 Å². The van der Waals surface area contributed by atoms with E-state index in [4.69, 9.17) is 4.74 Å². The molecule has 0 radical (unpaired) electrons. The number of benzene rings is 1. The summed E-state index contributed by atoms with van der Waals surface area (Å²) in [6.07, 6.45) is 1.55. The van der Waals surface area contributed by atoms with E-state index in [1.54, 1.807) is 4.90 Å². The molecule has 1 saturated heterocycles. The van der Waals surface area contributed by atoms with Crippen molar-refractivity contribution in [3.63, 3.8) is 0 Å². The van der Waals surface area contributed by atoms with E-state index in [0.29, 0.717) is 6.42 Å². The van der Waals surface area contributed by atoms with Crippen LogP contribution >= 0.6 is 0 Å². The molecule has 0 spiro atoms. The Hall–Kier alpha value is -1.39. The molecule has 1 aromatic carbocycles. The summed E-state index contributed by atoms with van der Waals surface area (Å²) in [6.45, 7) is 2.53. The Balaban J connectivity index is 1.98. The van der Waals surface area contributed by atoms with Crippen molar-refractivity contribution in [3.8, 4) is 0 Å². The van der Waals surface area contributed by atoms with Gasteiger partial charge in [0.25, 0.3) is 0 Å². The SMILES string of the molecule is CN1C(=O)CCc2c(C3CNCCO3)cccc21. The second-order valence-corrected chi connectivity index (χ2v) is 4.86. The Morgan fingerprint density at radius 1 is 1.39 bits per heavy atom. The monoisotopic (exact) mass is 246 g/mol. The predicted octanol–water partition coefficient (Wildman–Crippen LogP) is 1.26. The number of hydrogen-bond donors (Lipinski definition) is 1. The van der Waals surface area contributed by atoms with Gasteiger partial charge in [0, 0.05) is 32.2 Å². The molecule has 18 heavy (non-hydrogen) atoms. The Morgan fingerprint density at radius 2 is 2.28 bits per heavy atom. The predicted molar refractivity (Wildman–Crippen MR) is 69.7 cm³/mol. The molecule has 1 fully saturated rings. The highest BCUT2D eigenvalue weighted by Gasteiger charge is 2.26. The molecule has 0 aliphatic carbocycles. The zero-order valence-electron chi connectivity index (χ0n) is 10.6. The van der Waals surface area contributed by atoms with Gasteiger partial charge in [0.1, 0.15) is 0 Å². The van der Waals surface area contributed by atoms with Crippen molar-refractivity contribution in [2.75, 3.05) is 31.6 Å². The van der Waals surface area contributed by atoms with E-state index < -0.39 is 0 Å². The van der Waals surface area contributed by atoms with Gasteiger partial charge in [0.15, 0.2) is 0 Å². The molecule has 2 heterocycles. The lowest BCUT2D eigenvalue weighted by Gasteiger charge is -2.31. The van der Waals surface area contributed by atoms with Crippen molar-refractivity contribution < 1.29 is 9.53 Å². The first-order chi connectivity index (χ1) is 8.77. The van der Waals surface area contributed by atoms with Crippen LogP contribution < -0.4 is 10.2 Å². The molecule has 0 saturated carbocycles. The molecule has 96 valence electrons. The zero-order valence-corrected chi connectivity index (χ0v) is 10.6. The topological polar surface area (TPSA) is 41.6 Å². The van der Waals surface area contributed by atoms with Gasteiger partial charge in [-0.1, -0.05) is 12.1 Å². The van der Waals surface area contributed by atoms with E-state index in [1.807, 2.05) is 19.2 Å². The molecule has 1 amide bonds. The molecule has 1 atom stereocenters. The first kappa shape index (κ1) is 11.7. The van der Waals surface area contributed by atoms with Gasteiger partial charge in [0.2, 0.25) is 5.91 Å². The average molecular weight is 246 g/mol. The zero-order chi connectivity index (χ0) is 12.5. The van der Waals surface area contributed by atoms with Crippen LogP contribution in [0.25, 0.3) is 0 Å². The third kappa shape index (κ3) is 1.91. The molecule has 2 aliphatic rings. The molecule has 0 aromatic heterocycles. The summed E-state index contributed by atoms with van der Waals surface area (Å²) >= 11 is 0. The van der Waals surface area contributed by atoms with Gasteiger partial charge in [0.05, 0.1) is 12.7 Å². The minimum Gasteiger partial charge on any atom is -0.371 e. The number of amides is 1. The minimum atomic E-state index is 0.121. The van der Waals surface area contributed by atoms with E-state index in [0.717, 1.165) is 31.8 Å². The number of fused-ring (bicyclic) bond motifs is 1. The molecule has 0 bridgehead atoms. The second-order valence-electron chi connectivity index (χ2n) is 4.86. The number of carbonyl (C=O) groups is 1. The van der Waals surface area contributed by atoms with Gasteiger partial charge in [-0.2, -0.15) is 0 Å². The van der Waals surface area contributed by atoms with Crippen LogP contribution in [0, 0.1) is 0 Å². The number of rotatable bonds is 1. The first-order valence-corrected chi connectivity index (χ1v) is 6.48. The quantitative estimate of drug-likeness (QED) is 0.811. The fourth-order valence-electron chi connectivity index (χ4n) is 2.78. The Kier molecular flexibility index (Phi) is 3.06. The van der Waals surface area contributed by atoms with Crippen molar-refractivity contribution in [2.24, 2.45) is 0 Å². The lowest BCUT2D eigenvalue weighted by molar-refractivity contribution is -0.118. The molecule has 1 aromatic rings. The van der Waals surface area contributed by atoms with E-state index in [1.165, 1.54) is 11.1 Å². The highest BCUT2D eigenvalue weighted by atomic mass is 16.5. The van der Waals surface area contributed by atoms with Gasteiger partial charge < -0.3 is 15.0 Å².